The summed E-state index contributed by atoms with van der Waals surface area (Å²) < 4.78 is 78.0. The second-order valence-corrected chi connectivity index (χ2v) is 0.990. The van der Waals surface area contributed by atoms with E-state index in [1.165, 1.54) is 0 Å². The molecule has 0 spiro atoms. The van der Waals surface area contributed by atoms with E-state index in [0.717, 1.165) is 0 Å². The Bertz CT molecular complexity index is 55.1. The van der Waals surface area contributed by atoms with E-state index in [2.05, 4.69) is 0 Å². The van der Waals surface area contributed by atoms with Crippen LogP contribution >= 0.6 is 0 Å². The van der Waals surface area contributed by atoms with Crippen molar-refractivity contribution >= 4 is 52.2 Å². The Morgan fingerprint density at radius 1 is 0.455 bits per heavy atom. The maximum atomic E-state index is 9.75. The second-order valence-electron chi connectivity index (χ2n) is 0.990. The van der Waals surface area contributed by atoms with E-state index in [1.54, 1.807) is 0 Å². The van der Waals surface area contributed by atoms with Crippen molar-refractivity contribution in [2.24, 2.45) is 0 Å². The summed E-state index contributed by atoms with van der Waals surface area (Å²) in [4.78, 5) is 0. The molecule has 0 N–H and O–H groups in total. The van der Waals surface area contributed by atoms with E-state index in [0.29, 0.717) is 0 Å². The maximum Gasteiger partial charge on any atom is 2.00 e. The van der Waals surface area contributed by atoms with Crippen LogP contribution in [0.3, 0.4) is 0 Å². The van der Waals surface area contributed by atoms with Crippen molar-refractivity contribution in [2.45, 2.75) is 0 Å². The van der Waals surface area contributed by atoms with Crippen LogP contribution in [-0.2, 0) is 0 Å². The van der Waals surface area contributed by atoms with Crippen molar-refractivity contribution in [1.29, 1.82) is 0 Å². The third kappa shape index (κ3) is 1230. The van der Waals surface area contributed by atoms with Gasteiger partial charge in [-0.05, 0) is 0 Å². The molecular weight excluding hydrogens is 214 g/mol. The fraction of sp³-hybridized carbons (Fsp3) is 0. The number of halogens is 8. The summed E-state index contributed by atoms with van der Waals surface area (Å²) >= 11 is 0. The molecule has 0 aromatic rings. The summed E-state index contributed by atoms with van der Waals surface area (Å²) in [6, 6.07) is 0. The molecule has 0 aliphatic rings. The van der Waals surface area contributed by atoms with Crippen LogP contribution in [0.25, 0.3) is 0 Å². The van der Waals surface area contributed by atoms with Crippen molar-refractivity contribution < 1.29 is 34.5 Å². The van der Waals surface area contributed by atoms with E-state index in [4.69, 9.17) is 0 Å². The van der Waals surface area contributed by atoms with Crippen molar-refractivity contribution in [3.63, 3.8) is 0 Å². The Morgan fingerprint density at radius 2 is 0.455 bits per heavy atom. The van der Waals surface area contributed by atoms with Gasteiger partial charge in [-0.1, -0.05) is 0 Å². The fourth-order valence-corrected chi connectivity index (χ4v) is 0. The zero-order valence-electron chi connectivity index (χ0n) is 4.89. The van der Waals surface area contributed by atoms with Gasteiger partial charge in [0.05, 0.1) is 0 Å². The molecule has 0 bridgehead atoms. The molecule has 0 atom stereocenters. The first-order valence-electron chi connectivity index (χ1n) is 1.75. The Kier molecular flexibility index (Phi) is 10.3. The van der Waals surface area contributed by atoms with E-state index in [9.17, 15) is 34.5 Å². The molecule has 0 fully saturated rings. The zero-order valence-corrected chi connectivity index (χ0v) is 7.09. The molecule has 0 rings (SSSR count). The average Bonchev–Trinajstić information content (AvgIpc) is 1.12. The van der Waals surface area contributed by atoms with Crippen LogP contribution in [-0.4, -0.2) is 52.2 Å². The third-order valence-electron chi connectivity index (χ3n) is 0. The smallest absolute Gasteiger partial charge is 0.418 e. The van der Waals surface area contributed by atoms with Gasteiger partial charge in [0.25, 0.3) is 0 Å². The molecule has 0 saturated carbocycles. The predicted octanol–water partition coefficient (Wildman–Crippen LogP) is 2.22. The van der Waals surface area contributed by atoms with E-state index < -0.39 is 14.5 Å². The molecule has 0 nitrogen and oxygen atoms in total. The van der Waals surface area contributed by atoms with Crippen molar-refractivity contribution in [2.75, 3.05) is 0 Å². The first kappa shape index (κ1) is 17.8. The Hall–Kier alpha value is 0.830. The first-order chi connectivity index (χ1) is 4.00. The van der Waals surface area contributed by atoms with Crippen LogP contribution in [0.2, 0.25) is 0 Å². The van der Waals surface area contributed by atoms with Gasteiger partial charge in [-0.2, -0.15) is 0 Å². The van der Waals surface area contributed by atoms with E-state index in [-0.39, 0.29) is 37.7 Å². The Labute approximate surface area is 86.5 Å². The molecule has 0 unspecified atom stereocenters. The SMILES string of the molecule is F[B-](F)(F)F.F[B-](F)(F)F.[Ca+2]. The monoisotopic (exact) mass is 214 g/mol. The summed E-state index contributed by atoms with van der Waals surface area (Å²) in [7, 11) is -12.0. The van der Waals surface area contributed by atoms with Gasteiger partial charge in [0, 0.05) is 0 Å². The molecule has 64 valence electrons. The molecule has 0 saturated heterocycles. The molecule has 11 heteroatoms. The first-order valence-corrected chi connectivity index (χ1v) is 1.75. The van der Waals surface area contributed by atoms with E-state index in [1.807, 2.05) is 0 Å². The second kappa shape index (κ2) is 6.36. The predicted molar refractivity (Wildman–Crippen MR) is 26.1 cm³/mol. The molecule has 0 radical (unpaired) electrons. The van der Waals surface area contributed by atoms with Gasteiger partial charge < -0.3 is 34.5 Å². The third-order valence-corrected chi connectivity index (χ3v) is 0. The largest absolute Gasteiger partial charge is 2.00 e. The number of hydrogen-bond acceptors (Lipinski definition) is 0. The van der Waals surface area contributed by atoms with Crippen LogP contribution in [0, 0.1) is 0 Å². The summed E-state index contributed by atoms with van der Waals surface area (Å²) in [6.45, 7) is 0. The van der Waals surface area contributed by atoms with Gasteiger partial charge in [-0.25, -0.2) is 0 Å². The van der Waals surface area contributed by atoms with Crippen molar-refractivity contribution in [1.82, 2.24) is 0 Å². The van der Waals surface area contributed by atoms with Gasteiger partial charge in [-0.15, -0.1) is 0 Å². The van der Waals surface area contributed by atoms with Crippen LogP contribution in [0.5, 0.6) is 0 Å². The van der Waals surface area contributed by atoms with Crippen LogP contribution in [0.1, 0.15) is 0 Å². The van der Waals surface area contributed by atoms with Gasteiger partial charge in [-0.3, -0.25) is 0 Å². The quantitative estimate of drug-likeness (QED) is 0.428. The summed E-state index contributed by atoms with van der Waals surface area (Å²) in [6.07, 6.45) is 0. The zero-order chi connectivity index (χ0) is 9.00. The van der Waals surface area contributed by atoms with E-state index >= 15 is 0 Å². The minimum absolute atomic E-state index is 0. The van der Waals surface area contributed by atoms with Gasteiger partial charge >= 0.3 is 52.2 Å². The van der Waals surface area contributed by atoms with Crippen molar-refractivity contribution in [3.05, 3.63) is 0 Å². The topological polar surface area (TPSA) is 0 Å². The summed E-state index contributed by atoms with van der Waals surface area (Å²) in [5.74, 6) is 0. The Morgan fingerprint density at radius 3 is 0.455 bits per heavy atom. The summed E-state index contributed by atoms with van der Waals surface area (Å²) in [5.41, 5.74) is 0. The molecule has 11 heavy (non-hydrogen) atoms. The van der Waals surface area contributed by atoms with Gasteiger partial charge in [0.2, 0.25) is 0 Å². The molecule has 0 aromatic heterocycles. The normalized spacial score (nSPS) is 10.9. The Balaban J connectivity index is -0.000000107. The number of rotatable bonds is 0. The molecule has 0 amide bonds. The van der Waals surface area contributed by atoms with Crippen molar-refractivity contribution in [3.8, 4) is 0 Å². The fourth-order valence-electron chi connectivity index (χ4n) is 0. The van der Waals surface area contributed by atoms with Gasteiger partial charge in [0.1, 0.15) is 0 Å². The molecule has 0 aliphatic carbocycles. The minimum atomic E-state index is -6.00. The molecule has 0 heterocycles. The summed E-state index contributed by atoms with van der Waals surface area (Å²) in [5, 5.41) is 0. The van der Waals surface area contributed by atoms with Crippen LogP contribution < -0.4 is 0 Å². The number of hydrogen-bond donors (Lipinski definition) is 0. The van der Waals surface area contributed by atoms with Crippen LogP contribution in [0.15, 0.2) is 0 Å². The molecular formula is B2CaF8. The molecule has 0 aliphatic heterocycles. The van der Waals surface area contributed by atoms with Crippen LogP contribution in [0.4, 0.5) is 34.5 Å². The molecule has 0 aromatic carbocycles. The maximum absolute atomic E-state index is 9.75. The minimum Gasteiger partial charge on any atom is -0.418 e. The average molecular weight is 214 g/mol. The van der Waals surface area contributed by atoms with Gasteiger partial charge in [0.15, 0.2) is 0 Å². The standard InChI is InChI=1S/2BF4.Ca/c2*2-1(3,4)5;/q2*-1;+2.